The third-order valence-electron chi connectivity index (χ3n) is 6.01. The average Bonchev–Trinajstić information content (AvgIpc) is 2.87. The minimum Gasteiger partial charge on any atom is -0.507 e. The van der Waals surface area contributed by atoms with Gasteiger partial charge in [0, 0.05) is 24.8 Å². The molecule has 10 nitrogen and oxygen atoms in total. The van der Waals surface area contributed by atoms with Crippen LogP contribution in [0.4, 0.5) is 4.79 Å². The number of hydrogen-bond donors (Lipinski definition) is 4. The fourth-order valence-electron chi connectivity index (χ4n) is 4.10. The predicted octanol–water partition coefficient (Wildman–Crippen LogP) is 4.09. The van der Waals surface area contributed by atoms with E-state index in [1.807, 2.05) is 30.3 Å². The third-order valence-corrected chi connectivity index (χ3v) is 6.37. The van der Waals surface area contributed by atoms with Gasteiger partial charge in [-0.05, 0) is 59.6 Å². The van der Waals surface area contributed by atoms with Gasteiger partial charge in [-0.25, -0.2) is 9.59 Å². The van der Waals surface area contributed by atoms with E-state index in [1.165, 1.54) is 13.1 Å². The summed E-state index contributed by atoms with van der Waals surface area (Å²) in [6.07, 6.45) is -0.693. The van der Waals surface area contributed by atoms with Gasteiger partial charge in [0.25, 0.3) is 0 Å². The van der Waals surface area contributed by atoms with Gasteiger partial charge in [0.15, 0.2) is 0 Å². The molecule has 3 atom stereocenters. The van der Waals surface area contributed by atoms with Crippen molar-refractivity contribution in [2.24, 2.45) is 0 Å². The van der Waals surface area contributed by atoms with E-state index >= 15 is 0 Å². The summed E-state index contributed by atoms with van der Waals surface area (Å²) in [5.41, 5.74) is -0.210. The molecule has 2 aromatic carbocycles. The van der Waals surface area contributed by atoms with Crippen LogP contribution in [0, 0.1) is 6.92 Å². The van der Waals surface area contributed by atoms with Crippen molar-refractivity contribution in [2.75, 3.05) is 12.8 Å². The van der Waals surface area contributed by atoms with Crippen molar-refractivity contribution < 1.29 is 33.8 Å². The number of thiol groups is 1. The van der Waals surface area contributed by atoms with E-state index in [0.717, 1.165) is 10.5 Å². The van der Waals surface area contributed by atoms with Crippen LogP contribution in [0.1, 0.15) is 64.3 Å². The molecule has 11 heteroatoms. The summed E-state index contributed by atoms with van der Waals surface area (Å²) in [6.45, 7) is 11.9. The van der Waals surface area contributed by atoms with Crippen LogP contribution in [-0.2, 0) is 30.3 Å². The van der Waals surface area contributed by atoms with Crippen molar-refractivity contribution in [3.05, 3.63) is 65.2 Å². The molecule has 0 spiro atoms. The smallest absolute Gasteiger partial charge is 0.408 e. The lowest BCUT2D eigenvalue weighted by Gasteiger charge is -2.33. The van der Waals surface area contributed by atoms with Gasteiger partial charge in [-0.3, -0.25) is 9.59 Å². The SMILES string of the molecule is Cc1cccc(C(C(=O)NC(Cc2ccccc2)C(=O)OC(C)(C)C)N(C)C(=O)C(CS)NC(=O)OC(C)(C)C)c1O. The highest BCUT2D eigenvalue weighted by atomic mass is 32.1. The first-order valence-corrected chi connectivity index (χ1v) is 14.3. The number of amides is 3. The highest BCUT2D eigenvalue weighted by molar-refractivity contribution is 7.80. The van der Waals surface area contributed by atoms with Crippen LogP contribution >= 0.6 is 12.6 Å². The lowest BCUT2D eigenvalue weighted by molar-refractivity contribution is -0.159. The lowest BCUT2D eigenvalue weighted by Crippen LogP contribution is -2.54. The highest BCUT2D eigenvalue weighted by Gasteiger charge is 2.37. The number of carbonyl (C=O) groups is 4. The van der Waals surface area contributed by atoms with Crippen molar-refractivity contribution in [2.45, 2.75) is 84.2 Å². The van der Waals surface area contributed by atoms with Gasteiger partial charge in [-0.2, -0.15) is 12.6 Å². The summed E-state index contributed by atoms with van der Waals surface area (Å²) in [5, 5.41) is 16.2. The molecule has 2 aromatic rings. The molecular weight excluding hydrogens is 558 g/mol. The summed E-state index contributed by atoms with van der Waals surface area (Å²) >= 11 is 4.23. The molecule has 230 valence electrons. The molecule has 0 aromatic heterocycles. The fourth-order valence-corrected chi connectivity index (χ4v) is 4.35. The second-order valence-corrected chi connectivity index (χ2v) is 12.4. The monoisotopic (exact) mass is 601 g/mol. The Kier molecular flexibility index (Phi) is 11.9. The summed E-state index contributed by atoms with van der Waals surface area (Å²) in [7, 11) is 1.38. The largest absolute Gasteiger partial charge is 0.507 e. The van der Waals surface area contributed by atoms with Crippen LogP contribution in [0.5, 0.6) is 5.75 Å². The molecule has 2 rings (SSSR count). The number of alkyl carbamates (subject to hydrolysis) is 1. The molecule has 3 N–H and O–H groups in total. The van der Waals surface area contributed by atoms with E-state index in [9.17, 15) is 24.3 Å². The quantitative estimate of drug-likeness (QED) is 0.238. The number of aryl methyl sites for hydroxylation is 1. The molecule has 0 radical (unpaired) electrons. The number of para-hydroxylation sites is 1. The maximum Gasteiger partial charge on any atom is 0.408 e. The van der Waals surface area contributed by atoms with Crippen LogP contribution in [-0.4, -0.2) is 70.0 Å². The number of phenols is 1. The van der Waals surface area contributed by atoms with Crippen LogP contribution in [0.2, 0.25) is 0 Å². The summed E-state index contributed by atoms with van der Waals surface area (Å²) in [4.78, 5) is 54.4. The Labute approximate surface area is 253 Å². The van der Waals surface area contributed by atoms with Gasteiger partial charge in [-0.15, -0.1) is 0 Å². The number of ether oxygens (including phenoxy) is 2. The molecular formula is C31H43N3O7S. The normalized spacial score (nSPS) is 13.7. The van der Waals surface area contributed by atoms with Gasteiger partial charge in [0.2, 0.25) is 11.8 Å². The Morgan fingerprint density at radius 3 is 2.02 bits per heavy atom. The lowest BCUT2D eigenvalue weighted by atomic mass is 9.99. The molecule has 42 heavy (non-hydrogen) atoms. The number of phenolic OH excluding ortho intramolecular Hbond substituents is 1. The number of nitrogens with zero attached hydrogens (tertiary/aromatic N) is 1. The first-order chi connectivity index (χ1) is 19.4. The molecule has 3 amide bonds. The van der Waals surface area contributed by atoms with E-state index < -0.39 is 53.2 Å². The summed E-state index contributed by atoms with van der Waals surface area (Å²) < 4.78 is 10.9. The zero-order valence-corrected chi connectivity index (χ0v) is 26.5. The van der Waals surface area contributed by atoms with Crippen molar-refractivity contribution in [1.82, 2.24) is 15.5 Å². The Morgan fingerprint density at radius 2 is 1.48 bits per heavy atom. The number of aromatic hydroxyl groups is 1. The minimum atomic E-state index is -1.37. The van der Waals surface area contributed by atoms with Crippen LogP contribution in [0.25, 0.3) is 0 Å². The molecule has 0 heterocycles. The van der Waals surface area contributed by atoms with Crippen LogP contribution < -0.4 is 10.6 Å². The highest BCUT2D eigenvalue weighted by Crippen LogP contribution is 2.32. The molecule has 0 aliphatic carbocycles. The third kappa shape index (κ3) is 10.3. The summed E-state index contributed by atoms with van der Waals surface area (Å²) in [6, 6.07) is 10.3. The van der Waals surface area contributed by atoms with Gasteiger partial charge in [0.1, 0.15) is 35.1 Å². The van der Waals surface area contributed by atoms with Gasteiger partial charge >= 0.3 is 12.1 Å². The molecule has 0 fully saturated rings. The number of likely N-dealkylation sites (N-methyl/N-ethyl adjacent to an activating group) is 1. The van der Waals surface area contributed by atoms with E-state index in [2.05, 4.69) is 23.3 Å². The van der Waals surface area contributed by atoms with Gasteiger partial charge in [-0.1, -0.05) is 48.5 Å². The molecule has 0 aliphatic heterocycles. The molecule has 3 unspecified atom stereocenters. The van der Waals surface area contributed by atoms with E-state index in [0.29, 0.717) is 5.56 Å². The standard InChI is InChI=1S/C31H43N3O7S/c1-19-13-12-16-21(25(19)35)24(34(8)27(37)23(18-42)33-29(39)41-31(5,6)7)26(36)32-22(28(38)40-30(2,3)4)17-20-14-10-9-11-15-20/h9-16,22-24,35,42H,17-18H2,1-8H3,(H,32,36)(H,33,39). The van der Waals surface area contributed by atoms with Crippen molar-refractivity contribution in [3.63, 3.8) is 0 Å². The Balaban J connectivity index is 2.47. The second-order valence-electron chi connectivity index (χ2n) is 12.0. The number of esters is 1. The molecule has 0 saturated heterocycles. The Bertz CT molecular complexity index is 1260. The van der Waals surface area contributed by atoms with Gasteiger partial charge in [0.05, 0.1) is 0 Å². The van der Waals surface area contributed by atoms with E-state index in [4.69, 9.17) is 9.47 Å². The Hall–Kier alpha value is -3.73. The van der Waals surface area contributed by atoms with Crippen molar-refractivity contribution in [1.29, 1.82) is 0 Å². The molecule has 0 saturated carbocycles. The summed E-state index contributed by atoms with van der Waals surface area (Å²) in [5.74, 6) is -2.31. The van der Waals surface area contributed by atoms with E-state index in [-0.39, 0.29) is 23.5 Å². The fraction of sp³-hybridized carbons (Fsp3) is 0.484. The van der Waals surface area contributed by atoms with Crippen molar-refractivity contribution in [3.8, 4) is 5.75 Å². The topological polar surface area (TPSA) is 134 Å². The number of benzene rings is 2. The number of hydrogen-bond acceptors (Lipinski definition) is 8. The molecule has 0 aliphatic rings. The maximum atomic E-state index is 14.0. The zero-order chi connectivity index (χ0) is 31.8. The zero-order valence-electron chi connectivity index (χ0n) is 25.6. The first-order valence-electron chi connectivity index (χ1n) is 13.7. The molecule has 0 bridgehead atoms. The second kappa shape index (κ2) is 14.4. The van der Waals surface area contributed by atoms with Crippen molar-refractivity contribution >= 4 is 36.5 Å². The average molecular weight is 602 g/mol. The first kappa shape index (κ1) is 34.5. The predicted molar refractivity (Wildman–Crippen MR) is 163 cm³/mol. The van der Waals surface area contributed by atoms with Crippen LogP contribution in [0.15, 0.2) is 48.5 Å². The maximum absolute atomic E-state index is 14.0. The minimum absolute atomic E-state index is 0.0922. The number of carbonyl (C=O) groups excluding carboxylic acids is 4. The number of nitrogens with one attached hydrogen (secondary N) is 2. The number of rotatable bonds is 10. The van der Waals surface area contributed by atoms with Crippen LogP contribution in [0.3, 0.4) is 0 Å². The van der Waals surface area contributed by atoms with E-state index in [1.54, 1.807) is 60.6 Å². The Morgan fingerprint density at radius 1 is 0.881 bits per heavy atom. The van der Waals surface area contributed by atoms with Gasteiger partial charge < -0.3 is 30.1 Å².